The van der Waals surface area contributed by atoms with Crippen LogP contribution in [-0.2, 0) is 0 Å². The van der Waals surface area contributed by atoms with E-state index in [-0.39, 0.29) is 5.04 Å². The SMILES string of the molecule is C=C(C)C(O)CC(CC)CC(C)(C)[Si](C)(C)O. The molecule has 17 heavy (non-hydrogen) atoms. The fraction of sp³-hybridized carbons (Fsp3) is 0.857. The van der Waals surface area contributed by atoms with Crippen LogP contribution in [0.15, 0.2) is 12.2 Å². The van der Waals surface area contributed by atoms with E-state index in [0.717, 1.165) is 24.8 Å². The second kappa shape index (κ2) is 6.16. The second-order valence-corrected chi connectivity index (χ2v) is 11.0. The molecule has 0 spiro atoms. The molecule has 0 bridgehead atoms. The maximum absolute atomic E-state index is 10.3. The van der Waals surface area contributed by atoms with Crippen molar-refractivity contribution in [1.82, 2.24) is 0 Å². The minimum Gasteiger partial charge on any atom is -0.432 e. The van der Waals surface area contributed by atoms with Gasteiger partial charge in [-0.2, -0.15) is 0 Å². The third kappa shape index (κ3) is 5.36. The van der Waals surface area contributed by atoms with Crippen LogP contribution < -0.4 is 0 Å². The number of aliphatic hydroxyl groups is 1. The molecule has 0 fully saturated rings. The monoisotopic (exact) mass is 258 g/mol. The van der Waals surface area contributed by atoms with Gasteiger partial charge in [-0.25, -0.2) is 0 Å². The zero-order valence-electron chi connectivity index (χ0n) is 12.4. The first-order valence-corrected chi connectivity index (χ1v) is 9.51. The van der Waals surface area contributed by atoms with Crippen molar-refractivity contribution in [3.8, 4) is 0 Å². The zero-order chi connectivity index (χ0) is 13.9. The maximum atomic E-state index is 10.3. The van der Waals surface area contributed by atoms with Gasteiger partial charge in [-0.1, -0.05) is 39.3 Å². The molecular weight excluding hydrogens is 228 g/mol. The maximum Gasteiger partial charge on any atom is 0.188 e. The van der Waals surface area contributed by atoms with Gasteiger partial charge in [0.25, 0.3) is 0 Å². The van der Waals surface area contributed by atoms with Gasteiger partial charge in [0, 0.05) is 0 Å². The number of hydrogen-bond donors (Lipinski definition) is 2. The summed E-state index contributed by atoms with van der Waals surface area (Å²) in [5, 5.41) is 9.87. The summed E-state index contributed by atoms with van der Waals surface area (Å²) in [5.41, 5.74) is 0.835. The number of aliphatic hydroxyl groups excluding tert-OH is 1. The van der Waals surface area contributed by atoms with Gasteiger partial charge >= 0.3 is 0 Å². The van der Waals surface area contributed by atoms with Crippen LogP contribution in [0.5, 0.6) is 0 Å². The molecule has 0 saturated carbocycles. The van der Waals surface area contributed by atoms with E-state index in [4.69, 9.17) is 0 Å². The van der Waals surface area contributed by atoms with Crippen LogP contribution in [0.25, 0.3) is 0 Å². The van der Waals surface area contributed by atoms with Crippen molar-refractivity contribution in [2.24, 2.45) is 5.92 Å². The minimum atomic E-state index is -2.15. The topological polar surface area (TPSA) is 40.5 Å². The van der Waals surface area contributed by atoms with Gasteiger partial charge in [0.05, 0.1) is 6.10 Å². The Balaban J connectivity index is 4.56. The van der Waals surface area contributed by atoms with Gasteiger partial charge in [0.1, 0.15) is 0 Å². The summed E-state index contributed by atoms with van der Waals surface area (Å²) < 4.78 is 0. The average Bonchev–Trinajstić information content (AvgIpc) is 2.14. The van der Waals surface area contributed by atoms with Crippen LogP contribution in [0.2, 0.25) is 18.1 Å². The predicted molar refractivity (Wildman–Crippen MR) is 77.6 cm³/mol. The Bertz CT molecular complexity index is 253. The predicted octanol–water partition coefficient (Wildman–Crippen LogP) is 3.71. The summed E-state index contributed by atoms with van der Waals surface area (Å²) in [5.74, 6) is 0.454. The van der Waals surface area contributed by atoms with Crippen molar-refractivity contribution in [1.29, 1.82) is 0 Å². The molecule has 0 radical (unpaired) electrons. The van der Waals surface area contributed by atoms with Crippen LogP contribution in [0, 0.1) is 5.92 Å². The van der Waals surface area contributed by atoms with E-state index in [0.29, 0.717) is 5.92 Å². The molecule has 102 valence electrons. The fourth-order valence-corrected chi connectivity index (χ4v) is 2.67. The van der Waals surface area contributed by atoms with E-state index in [2.05, 4.69) is 27.4 Å². The Morgan fingerprint density at radius 2 is 1.82 bits per heavy atom. The largest absolute Gasteiger partial charge is 0.432 e. The summed E-state index contributed by atoms with van der Waals surface area (Å²) in [6.45, 7) is 16.1. The van der Waals surface area contributed by atoms with Crippen LogP contribution in [-0.4, -0.2) is 24.3 Å². The lowest BCUT2D eigenvalue weighted by Crippen LogP contribution is -2.40. The van der Waals surface area contributed by atoms with Crippen molar-refractivity contribution in [2.45, 2.75) is 71.2 Å². The summed E-state index contributed by atoms with van der Waals surface area (Å²) in [6, 6.07) is 0. The van der Waals surface area contributed by atoms with E-state index < -0.39 is 14.4 Å². The number of hydrogen-bond acceptors (Lipinski definition) is 2. The smallest absolute Gasteiger partial charge is 0.188 e. The van der Waals surface area contributed by atoms with Crippen LogP contribution in [0.3, 0.4) is 0 Å². The standard InChI is InChI=1S/C14H30O2Si/c1-8-12(9-13(15)11(2)3)10-14(4,5)17(6,7)16/h12-13,15-16H,2,8-10H2,1,3-7H3. The lowest BCUT2D eigenvalue weighted by Gasteiger charge is -2.38. The lowest BCUT2D eigenvalue weighted by atomic mass is 9.88. The Labute approximate surface area is 108 Å². The molecule has 0 aromatic heterocycles. The Morgan fingerprint density at radius 1 is 1.35 bits per heavy atom. The van der Waals surface area contributed by atoms with Crippen molar-refractivity contribution >= 4 is 8.32 Å². The highest BCUT2D eigenvalue weighted by molar-refractivity contribution is 6.72. The van der Waals surface area contributed by atoms with Crippen LogP contribution >= 0.6 is 0 Å². The fourth-order valence-electron chi connectivity index (χ4n) is 1.88. The molecule has 2 unspecified atom stereocenters. The third-order valence-electron chi connectivity index (χ3n) is 4.16. The third-order valence-corrected chi connectivity index (χ3v) is 7.67. The first kappa shape index (κ1) is 16.9. The van der Waals surface area contributed by atoms with E-state index >= 15 is 0 Å². The molecule has 0 rings (SSSR count). The van der Waals surface area contributed by atoms with Crippen molar-refractivity contribution in [3.05, 3.63) is 12.2 Å². The molecule has 2 atom stereocenters. The van der Waals surface area contributed by atoms with Crippen LogP contribution in [0.1, 0.15) is 47.0 Å². The molecule has 2 nitrogen and oxygen atoms in total. The molecule has 0 aliphatic heterocycles. The normalized spacial score (nSPS) is 16.7. The minimum absolute atomic E-state index is 0.0114. The highest BCUT2D eigenvalue weighted by Crippen LogP contribution is 2.43. The molecule has 0 aliphatic carbocycles. The van der Waals surface area contributed by atoms with E-state index in [1.165, 1.54) is 0 Å². The first-order chi connectivity index (χ1) is 7.51. The Hall–Kier alpha value is -0.123. The van der Waals surface area contributed by atoms with Gasteiger partial charge in [-0.3, -0.25) is 0 Å². The lowest BCUT2D eigenvalue weighted by molar-refractivity contribution is 0.165. The van der Waals surface area contributed by atoms with Gasteiger partial charge < -0.3 is 9.90 Å². The quantitative estimate of drug-likeness (QED) is 0.540. The van der Waals surface area contributed by atoms with Gasteiger partial charge in [-0.15, -0.1) is 0 Å². The molecule has 0 aliphatic rings. The molecule has 3 heteroatoms. The van der Waals surface area contributed by atoms with E-state index in [1.807, 2.05) is 20.0 Å². The van der Waals surface area contributed by atoms with Crippen molar-refractivity contribution in [2.75, 3.05) is 0 Å². The molecule has 0 aromatic rings. The average molecular weight is 258 g/mol. The van der Waals surface area contributed by atoms with E-state index in [1.54, 1.807) is 0 Å². The molecule has 0 amide bonds. The first-order valence-electron chi connectivity index (χ1n) is 6.57. The number of rotatable bonds is 7. The van der Waals surface area contributed by atoms with Gasteiger partial charge in [-0.05, 0) is 43.8 Å². The second-order valence-electron chi connectivity index (χ2n) is 6.52. The molecular formula is C14H30O2Si. The summed E-state index contributed by atoms with van der Waals surface area (Å²) in [7, 11) is -2.15. The van der Waals surface area contributed by atoms with Gasteiger partial charge in [0.2, 0.25) is 0 Å². The highest BCUT2D eigenvalue weighted by Gasteiger charge is 2.39. The Morgan fingerprint density at radius 3 is 2.12 bits per heavy atom. The van der Waals surface area contributed by atoms with Crippen LogP contribution in [0.4, 0.5) is 0 Å². The molecule has 0 aromatic carbocycles. The van der Waals surface area contributed by atoms with E-state index in [9.17, 15) is 9.90 Å². The van der Waals surface area contributed by atoms with Crippen molar-refractivity contribution < 1.29 is 9.90 Å². The summed E-state index contributed by atoms with van der Waals surface area (Å²) >= 11 is 0. The summed E-state index contributed by atoms with van der Waals surface area (Å²) in [4.78, 5) is 10.3. The molecule has 2 N–H and O–H groups in total. The van der Waals surface area contributed by atoms with Crippen molar-refractivity contribution in [3.63, 3.8) is 0 Å². The van der Waals surface area contributed by atoms with Gasteiger partial charge in [0.15, 0.2) is 8.32 Å². The molecule has 0 heterocycles. The zero-order valence-corrected chi connectivity index (χ0v) is 13.4. The highest BCUT2D eigenvalue weighted by atomic mass is 28.4. The Kier molecular flexibility index (Phi) is 6.12. The summed E-state index contributed by atoms with van der Waals surface area (Å²) in [6.07, 6.45) is 2.38. The molecule has 0 saturated heterocycles.